The van der Waals surface area contributed by atoms with E-state index in [0.29, 0.717) is 6.01 Å². The Kier molecular flexibility index (Phi) is 2.74. The van der Waals surface area contributed by atoms with E-state index in [-0.39, 0.29) is 6.04 Å². The Labute approximate surface area is 110 Å². The van der Waals surface area contributed by atoms with Crippen LogP contribution in [0.4, 0.5) is 6.01 Å². The molecule has 1 atom stereocenters. The Morgan fingerprint density at radius 2 is 2.00 bits per heavy atom. The zero-order chi connectivity index (χ0) is 13.4. The number of oxazole rings is 1. The van der Waals surface area contributed by atoms with Gasteiger partial charge in [-0.05, 0) is 32.9 Å². The first-order chi connectivity index (χ1) is 9.15. The zero-order valence-corrected chi connectivity index (χ0v) is 11.1. The molecule has 0 saturated carbocycles. The van der Waals surface area contributed by atoms with Gasteiger partial charge < -0.3 is 14.3 Å². The fourth-order valence-corrected chi connectivity index (χ4v) is 2.30. The van der Waals surface area contributed by atoms with E-state index in [0.717, 1.165) is 28.1 Å². The Hall–Kier alpha value is -2.30. The van der Waals surface area contributed by atoms with Crippen LogP contribution in [0, 0.1) is 13.8 Å². The standard InChI is InChI=1S/C14H15N3O2/c1-8(13-9(2)17-19-10(13)3)15-14-16-11-6-4-5-7-12(11)18-14/h4-8H,1-3H3,(H,15,16). The summed E-state index contributed by atoms with van der Waals surface area (Å²) in [6, 6.07) is 8.22. The summed E-state index contributed by atoms with van der Waals surface area (Å²) in [5, 5.41) is 7.19. The molecular formula is C14H15N3O2. The molecule has 1 unspecified atom stereocenters. The molecule has 2 aromatic heterocycles. The average Bonchev–Trinajstić information content (AvgIpc) is 2.92. The second-order valence-electron chi connectivity index (χ2n) is 4.59. The lowest BCUT2D eigenvalue weighted by Crippen LogP contribution is -2.08. The van der Waals surface area contributed by atoms with Crippen molar-refractivity contribution < 1.29 is 8.94 Å². The van der Waals surface area contributed by atoms with Crippen LogP contribution in [-0.2, 0) is 0 Å². The number of hydrogen-bond acceptors (Lipinski definition) is 5. The van der Waals surface area contributed by atoms with E-state index in [9.17, 15) is 0 Å². The summed E-state index contributed by atoms with van der Waals surface area (Å²) in [6.45, 7) is 5.86. The van der Waals surface area contributed by atoms with Gasteiger partial charge in [0.2, 0.25) is 0 Å². The molecule has 98 valence electrons. The van der Waals surface area contributed by atoms with Crippen LogP contribution in [-0.4, -0.2) is 10.1 Å². The molecule has 0 aliphatic carbocycles. The zero-order valence-electron chi connectivity index (χ0n) is 11.1. The highest BCUT2D eigenvalue weighted by molar-refractivity contribution is 5.74. The van der Waals surface area contributed by atoms with E-state index in [2.05, 4.69) is 15.5 Å². The van der Waals surface area contributed by atoms with Crippen LogP contribution in [0.2, 0.25) is 0 Å². The number of benzene rings is 1. The smallest absolute Gasteiger partial charge is 0.296 e. The van der Waals surface area contributed by atoms with Crippen molar-refractivity contribution >= 4 is 17.1 Å². The first-order valence-electron chi connectivity index (χ1n) is 6.20. The van der Waals surface area contributed by atoms with Gasteiger partial charge in [0.05, 0.1) is 11.7 Å². The van der Waals surface area contributed by atoms with Crippen LogP contribution in [0.1, 0.15) is 30.0 Å². The van der Waals surface area contributed by atoms with Crippen LogP contribution in [0.5, 0.6) is 0 Å². The van der Waals surface area contributed by atoms with Crippen LogP contribution < -0.4 is 5.32 Å². The highest BCUT2D eigenvalue weighted by atomic mass is 16.5. The fourth-order valence-electron chi connectivity index (χ4n) is 2.30. The van der Waals surface area contributed by atoms with Gasteiger partial charge >= 0.3 is 0 Å². The molecule has 1 aromatic carbocycles. The summed E-state index contributed by atoms with van der Waals surface area (Å²) in [4.78, 5) is 4.39. The van der Waals surface area contributed by atoms with E-state index in [1.807, 2.05) is 45.0 Å². The van der Waals surface area contributed by atoms with Gasteiger partial charge in [0, 0.05) is 5.56 Å². The number of nitrogens with zero attached hydrogens (tertiary/aromatic N) is 2. The minimum atomic E-state index is 0.0271. The van der Waals surface area contributed by atoms with Crippen LogP contribution in [0.3, 0.4) is 0 Å². The van der Waals surface area contributed by atoms with Crippen molar-refractivity contribution in [3.63, 3.8) is 0 Å². The van der Waals surface area contributed by atoms with Gasteiger partial charge in [0.25, 0.3) is 6.01 Å². The molecule has 0 amide bonds. The lowest BCUT2D eigenvalue weighted by atomic mass is 10.1. The second-order valence-corrected chi connectivity index (χ2v) is 4.59. The minimum absolute atomic E-state index is 0.0271. The third-order valence-corrected chi connectivity index (χ3v) is 3.16. The molecule has 2 heterocycles. The highest BCUT2D eigenvalue weighted by Gasteiger charge is 2.18. The summed E-state index contributed by atoms with van der Waals surface area (Å²) in [5.41, 5.74) is 3.54. The molecule has 0 aliphatic heterocycles. The number of anilines is 1. The van der Waals surface area contributed by atoms with Crippen molar-refractivity contribution in [3.05, 3.63) is 41.3 Å². The van der Waals surface area contributed by atoms with Gasteiger partial charge in [-0.2, -0.15) is 4.98 Å². The fraction of sp³-hybridized carbons (Fsp3) is 0.286. The molecule has 0 fully saturated rings. The highest BCUT2D eigenvalue weighted by Crippen LogP contribution is 2.26. The predicted molar refractivity (Wildman–Crippen MR) is 72.0 cm³/mol. The van der Waals surface area contributed by atoms with Gasteiger partial charge in [-0.1, -0.05) is 17.3 Å². The van der Waals surface area contributed by atoms with Gasteiger partial charge in [-0.3, -0.25) is 0 Å². The third-order valence-electron chi connectivity index (χ3n) is 3.16. The van der Waals surface area contributed by atoms with E-state index >= 15 is 0 Å². The van der Waals surface area contributed by atoms with Gasteiger partial charge in [-0.25, -0.2) is 0 Å². The van der Waals surface area contributed by atoms with E-state index in [1.165, 1.54) is 0 Å². The summed E-state index contributed by atoms with van der Waals surface area (Å²) in [7, 11) is 0. The maximum atomic E-state index is 5.64. The number of para-hydroxylation sites is 2. The van der Waals surface area contributed by atoms with E-state index in [4.69, 9.17) is 8.94 Å². The average molecular weight is 257 g/mol. The molecule has 0 spiro atoms. The number of aryl methyl sites for hydroxylation is 2. The van der Waals surface area contributed by atoms with Crippen molar-refractivity contribution in [3.8, 4) is 0 Å². The van der Waals surface area contributed by atoms with Crippen molar-refractivity contribution in [1.82, 2.24) is 10.1 Å². The summed E-state index contributed by atoms with van der Waals surface area (Å²) < 4.78 is 10.8. The maximum Gasteiger partial charge on any atom is 0.296 e. The monoisotopic (exact) mass is 257 g/mol. The van der Waals surface area contributed by atoms with Crippen molar-refractivity contribution in [2.24, 2.45) is 0 Å². The quantitative estimate of drug-likeness (QED) is 0.776. The normalized spacial score (nSPS) is 12.8. The Morgan fingerprint density at radius 1 is 1.21 bits per heavy atom. The van der Waals surface area contributed by atoms with Crippen molar-refractivity contribution in [2.75, 3.05) is 5.32 Å². The number of rotatable bonds is 3. The maximum absolute atomic E-state index is 5.64. The van der Waals surface area contributed by atoms with E-state index in [1.54, 1.807) is 0 Å². The summed E-state index contributed by atoms with van der Waals surface area (Å²) in [6.07, 6.45) is 0. The van der Waals surface area contributed by atoms with E-state index < -0.39 is 0 Å². The molecule has 3 rings (SSSR count). The van der Waals surface area contributed by atoms with Crippen LogP contribution in [0.25, 0.3) is 11.1 Å². The molecule has 5 heteroatoms. The molecule has 1 N–H and O–H groups in total. The lowest BCUT2D eigenvalue weighted by Gasteiger charge is -2.11. The molecule has 19 heavy (non-hydrogen) atoms. The summed E-state index contributed by atoms with van der Waals surface area (Å²) >= 11 is 0. The first-order valence-corrected chi connectivity index (χ1v) is 6.20. The number of fused-ring (bicyclic) bond motifs is 1. The Morgan fingerprint density at radius 3 is 2.68 bits per heavy atom. The van der Waals surface area contributed by atoms with Gasteiger partial charge in [0.15, 0.2) is 5.58 Å². The molecular weight excluding hydrogens is 242 g/mol. The number of hydrogen-bond donors (Lipinski definition) is 1. The molecule has 0 aliphatic rings. The molecule has 0 saturated heterocycles. The molecule has 5 nitrogen and oxygen atoms in total. The third kappa shape index (κ3) is 2.07. The topological polar surface area (TPSA) is 64.1 Å². The molecule has 0 bridgehead atoms. The lowest BCUT2D eigenvalue weighted by molar-refractivity contribution is 0.392. The minimum Gasteiger partial charge on any atom is -0.424 e. The summed E-state index contributed by atoms with van der Waals surface area (Å²) in [5.74, 6) is 0.814. The second kappa shape index (κ2) is 4.42. The van der Waals surface area contributed by atoms with Crippen LogP contribution in [0.15, 0.2) is 33.2 Å². The first kappa shape index (κ1) is 11.8. The Balaban J connectivity index is 1.88. The molecule has 0 radical (unpaired) electrons. The number of nitrogens with one attached hydrogen (secondary N) is 1. The largest absolute Gasteiger partial charge is 0.424 e. The van der Waals surface area contributed by atoms with Crippen molar-refractivity contribution in [1.29, 1.82) is 0 Å². The van der Waals surface area contributed by atoms with Crippen molar-refractivity contribution in [2.45, 2.75) is 26.8 Å². The van der Waals surface area contributed by atoms with Gasteiger partial charge in [-0.15, -0.1) is 0 Å². The van der Waals surface area contributed by atoms with Crippen LogP contribution >= 0.6 is 0 Å². The van der Waals surface area contributed by atoms with Gasteiger partial charge in [0.1, 0.15) is 11.3 Å². The molecule has 3 aromatic rings. The Bertz CT molecular complexity index is 662. The predicted octanol–water partition coefficient (Wildman–Crippen LogP) is 3.61. The SMILES string of the molecule is Cc1noc(C)c1C(C)Nc1nc2ccccc2o1. The number of aromatic nitrogens is 2.